The van der Waals surface area contributed by atoms with Crippen molar-refractivity contribution in [3.05, 3.63) is 6.33 Å². The fraction of sp³-hybridized carbons (Fsp3) is 0.667. The van der Waals surface area contributed by atoms with Gasteiger partial charge in [0, 0.05) is 13.6 Å². The van der Waals surface area contributed by atoms with Crippen LogP contribution < -0.4 is 10.1 Å². The van der Waals surface area contributed by atoms with Crippen molar-refractivity contribution in [2.24, 2.45) is 7.05 Å². The Kier molecular flexibility index (Phi) is 2.85. The fourth-order valence-corrected chi connectivity index (χ4v) is 0.630. The van der Waals surface area contributed by atoms with E-state index in [1.165, 1.54) is 0 Å². The molecule has 5 heteroatoms. The van der Waals surface area contributed by atoms with Gasteiger partial charge in [-0.05, 0) is 7.05 Å². The van der Waals surface area contributed by atoms with Crippen molar-refractivity contribution in [2.75, 3.05) is 20.2 Å². The average Bonchev–Trinajstić information content (AvgIpc) is 2.37. The molecule has 0 fully saturated rings. The summed E-state index contributed by atoms with van der Waals surface area (Å²) in [6, 6.07) is 0.433. The van der Waals surface area contributed by atoms with Gasteiger partial charge < -0.3 is 10.1 Å². The monoisotopic (exact) mass is 156 g/mol. The van der Waals surface area contributed by atoms with Crippen molar-refractivity contribution in [3.63, 3.8) is 0 Å². The van der Waals surface area contributed by atoms with Crippen molar-refractivity contribution in [1.82, 2.24) is 20.1 Å². The minimum absolute atomic E-state index is 0.433. The number of rotatable bonds is 4. The molecule has 1 rings (SSSR count). The second-order valence-corrected chi connectivity index (χ2v) is 2.15. The van der Waals surface area contributed by atoms with Gasteiger partial charge in [0.1, 0.15) is 12.9 Å². The van der Waals surface area contributed by atoms with Gasteiger partial charge in [-0.1, -0.05) is 0 Å². The molecule has 0 radical (unpaired) electrons. The molecule has 0 aliphatic heterocycles. The first-order chi connectivity index (χ1) is 5.33. The standard InChI is InChI=1S/C6H12N4O/c1-7-3-4-11-6-8-5-10(2)9-6/h5,7H,3-4H2,1-2H3. The first-order valence-electron chi connectivity index (χ1n) is 3.46. The second kappa shape index (κ2) is 3.92. The molecule has 1 heterocycles. The van der Waals surface area contributed by atoms with Crippen LogP contribution in [0.2, 0.25) is 0 Å². The summed E-state index contributed by atoms with van der Waals surface area (Å²) in [7, 11) is 3.67. The van der Waals surface area contributed by atoms with E-state index in [9.17, 15) is 0 Å². The number of hydrogen-bond donors (Lipinski definition) is 1. The van der Waals surface area contributed by atoms with Gasteiger partial charge >= 0.3 is 6.01 Å². The zero-order valence-corrected chi connectivity index (χ0v) is 6.74. The third-order valence-electron chi connectivity index (χ3n) is 1.16. The smallest absolute Gasteiger partial charge is 0.335 e. The van der Waals surface area contributed by atoms with E-state index < -0.39 is 0 Å². The quantitative estimate of drug-likeness (QED) is 0.592. The summed E-state index contributed by atoms with van der Waals surface area (Å²) in [4.78, 5) is 3.89. The zero-order valence-electron chi connectivity index (χ0n) is 6.74. The van der Waals surface area contributed by atoms with Crippen LogP contribution >= 0.6 is 0 Å². The Balaban J connectivity index is 2.27. The first-order valence-corrected chi connectivity index (χ1v) is 3.46. The van der Waals surface area contributed by atoms with Crippen molar-refractivity contribution in [3.8, 4) is 6.01 Å². The van der Waals surface area contributed by atoms with Crippen LogP contribution in [0.4, 0.5) is 0 Å². The summed E-state index contributed by atoms with van der Waals surface area (Å²) in [5.41, 5.74) is 0. The Labute approximate surface area is 65.4 Å². The van der Waals surface area contributed by atoms with Crippen LogP contribution in [-0.4, -0.2) is 35.0 Å². The zero-order chi connectivity index (χ0) is 8.10. The lowest BCUT2D eigenvalue weighted by molar-refractivity contribution is 0.293. The van der Waals surface area contributed by atoms with E-state index in [0.717, 1.165) is 6.54 Å². The highest BCUT2D eigenvalue weighted by atomic mass is 16.5. The summed E-state index contributed by atoms with van der Waals surface area (Å²) >= 11 is 0. The number of nitrogens with one attached hydrogen (secondary N) is 1. The predicted octanol–water partition coefficient (Wildman–Crippen LogP) is -0.587. The summed E-state index contributed by atoms with van der Waals surface area (Å²) in [5, 5.41) is 6.90. The average molecular weight is 156 g/mol. The molecule has 0 aliphatic rings. The minimum Gasteiger partial charge on any atom is -0.461 e. The lowest BCUT2D eigenvalue weighted by atomic mass is 10.7. The minimum atomic E-state index is 0.433. The van der Waals surface area contributed by atoms with Crippen LogP contribution in [0.1, 0.15) is 0 Å². The number of ether oxygens (including phenoxy) is 1. The molecular formula is C6H12N4O. The Morgan fingerprint density at radius 1 is 1.73 bits per heavy atom. The predicted molar refractivity (Wildman–Crippen MR) is 40.4 cm³/mol. The second-order valence-electron chi connectivity index (χ2n) is 2.15. The first kappa shape index (κ1) is 8.00. The Bertz CT molecular complexity index is 210. The van der Waals surface area contributed by atoms with Crippen molar-refractivity contribution in [2.45, 2.75) is 0 Å². The summed E-state index contributed by atoms with van der Waals surface area (Å²) in [6.07, 6.45) is 1.61. The van der Waals surface area contributed by atoms with E-state index in [1.807, 2.05) is 7.05 Å². The van der Waals surface area contributed by atoms with Crippen LogP contribution in [0.5, 0.6) is 6.01 Å². The number of aryl methyl sites for hydroxylation is 1. The Morgan fingerprint density at radius 3 is 3.09 bits per heavy atom. The molecule has 0 aromatic carbocycles. The Morgan fingerprint density at radius 2 is 2.55 bits per heavy atom. The van der Waals surface area contributed by atoms with Gasteiger partial charge in [0.2, 0.25) is 0 Å². The highest BCUT2D eigenvalue weighted by Gasteiger charge is 1.96. The molecule has 0 atom stereocenters. The summed E-state index contributed by atoms with van der Waals surface area (Å²) < 4.78 is 6.77. The van der Waals surface area contributed by atoms with Gasteiger partial charge in [-0.15, -0.1) is 5.10 Å². The molecule has 62 valence electrons. The SMILES string of the molecule is CNCCOc1ncn(C)n1. The van der Waals surface area contributed by atoms with E-state index in [-0.39, 0.29) is 0 Å². The van der Waals surface area contributed by atoms with E-state index >= 15 is 0 Å². The van der Waals surface area contributed by atoms with E-state index in [2.05, 4.69) is 15.4 Å². The maximum absolute atomic E-state index is 5.16. The molecule has 0 saturated carbocycles. The maximum atomic E-state index is 5.16. The molecule has 0 bridgehead atoms. The molecule has 1 aromatic rings. The number of hydrogen-bond acceptors (Lipinski definition) is 4. The van der Waals surface area contributed by atoms with E-state index in [1.54, 1.807) is 18.1 Å². The van der Waals surface area contributed by atoms with Crippen molar-refractivity contribution in [1.29, 1.82) is 0 Å². The largest absolute Gasteiger partial charge is 0.461 e. The Hall–Kier alpha value is -1.10. The third kappa shape index (κ3) is 2.55. The van der Waals surface area contributed by atoms with Crippen LogP contribution in [0.25, 0.3) is 0 Å². The maximum Gasteiger partial charge on any atom is 0.335 e. The van der Waals surface area contributed by atoms with E-state index in [4.69, 9.17) is 4.74 Å². The molecule has 0 aliphatic carbocycles. The highest BCUT2D eigenvalue weighted by molar-refractivity contribution is 4.86. The van der Waals surface area contributed by atoms with Crippen LogP contribution in [0.15, 0.2) is 6.33 Å². The summed E-state index contributed by atoms with van der Waals surface area (Å²) in [5.74, 6) is 0. The highest BCUT2D eigenvalue weighted by Crippen LogP contribution is 1.96. The van der Waals surface area contributed by atoms with Crippen LogP contribution in [-0.2, 0) is 7.05 Å². The molecule has 5 nitrogen and oxygen atoms in total. The van der Waals surface area contributed by atoms with E-state index in [0.29, 0.717) is 12.6 Å². The third-order valence-corrected chi connectivity index (χ3v) is 1.16. The van der Waals surface area contributed by atoms with Crippen LogP contribution in [0.3, 0.4) is 0 Å². The molecule has 0 spiro atoms. The van der Waals surface area contributed by atoms with Crippen molar-refractivity contribution < 1.29 is 4.74 Å². The molecule has 0 amide bonds. The van der Waals surface area contributed by atoms with Gasteiger partial charge in [-0.3, -0.25) is 4.68 Å². The molecule has 1 N–H and O–H groups in total. The molecule has 0 unspecified atom stereocenters. The topological polar surface area (TPSA) is 52.0 Å². The van der Waals surface area contributed by atoms with Gasteiger partial charge in [0.25, 0.3) is 0 Å². The molecular weight excluding hydrogens is 144 g/mol. The van der Waals surface area contributed by atoms with Crippen LogP contribution in [0, 0.1) is 0 Å². The number of aromatic nitrogens is 3. The summed E-state index contributed by atoms with van der Waals surface area (Å²) in [6.45, 7) is 1.40. The normalized spacial score (nSPS) is 10.0. The lowest BCUT2D eigenvalue weighted by Gasteiger charge is -1.98. The number of nitrogens with zero attached hydrogens (tertiary/aromatic N) is 3. The van der Waals surface area contributed by atoms with Gasteiger partial charge in [0.15, 0.2) is 0 Å². The van der Waals surface area contributed by atoms with Gasteiger partial charge in [-0.25, -0.2) is 0 Å². The fourth-order valence-electron chi connectivity index (χ4n) is 0.630. The van der Waals surface area contributed by atoms with Crippen molar-refractivity contribution >= 4 is 0 Å². The van der Waals surface area contributed by atoms with Gasteiger partial charge in [-0.2, -0.15) is 4.98 Å². The number of likely N-dealkylation sites (N-methyl/N-ethyl adjacent to an activating group) is 1. The molecule has 1 aromatic heterocycles. The lowest BCUT2D eigenvalue weighted by Crippen LogP contribution is -2.16. The van der Waals surface area contributed by atoms with Gasteiger partial charge in [0.05, 0.1) is 0 Å². The molecule has 0 saturated heterocycles. The molecule has 11 heavy (non-hydrogen) atoms.